The summed E-state index contributed by atoms with van der Waals surface area (Å²) in [4.78, 5) is 27.0. The molecule has 0 bridgehead atoms. The lowest BCUT2D eigenvalue weighted by atomic mass is 9.85. The molecule has 0 unspecified atom stereocenters. The van der Waals surface area contributed by atoms with Gasteiger partial charge in [-0.25, -0.2) is 26.8 Å². The molecule has 0 saturated carbocycles. The largest absolute Gasteiger partial charge is 0.464 e. The van der Waals surface area contributed by atoms with Crippen molar-refractivity contribution in [2.45, 2.75) is 50.5 Å². The van der Waals surface area contributed by atoms with Gasteiger partial charge in [0.25, 0.3) is 0 Å². The number of ether oxygens (including phenoxy) is 1. The highest BCUT2D eigenvalue weighted by molar-refractivity contribution is 7.92. The summed E-state index contributed by atoms with van der Waals surface area (Å²) in [6.07, 6.45) is 0.869. The van der Waals surface area contributed by atoms with Crippen LogP contribution in [0.25, 0.3) is 0 Å². The Labute approximate surface area is 189 Å². The third-order valence-corrected chi connectivity index (χ3v) is 6.18. The minimum atomic E-state index is -4.42. The number of nitrogens with one attached hydrogen (secondary N) is 1. The molecule has 0 saturated heterocycles. The zero-order valence-corrected chi connectivity index (χ0v) is 20.3. The first kappa shape index (κ1) is 27.8. The summed E-state index contributed by atoms with van der Waals surface area (Å²) >= 11 is 0. The predicted octanol–water partition coefficient (Wildman–Crippen LogP) is 0.585. The number of anilines is 2. The van der Waals surface area contributed by atoms with Gasteiger partial charge in [-0.1, -0.05) is 13.8 Å². The molecular weight excluding hydrogens is 462 g/mol. The smallest absolute Gasteiger partial charge is 0.339 e. The molecular formula is C19H31N3O8S2. The monoisotopic (exact) mass is 493 g/mol. The van der Waals surface area contributed by atoms with E-state index in [0.717, 1.165) is 12.3 Å². The lowest BCUT2D eigenvalue weighted by molar-refractivity contribution is -0.154. The number of primary sulfonamides is 1. The number of nitrogens with two attached hydrogens (primary N) is 1. The van der Waals surface area contributed by atoms with Crippen molar-refractivity contribution >= 4 is 43.2 Å². The van der Waals surface area contributed by atoms with E-state index in [2.05, 4.69) is 4.72 Å². The summed E-state index contributed by atoms with van der Waals surface area (Å²) in [5.41, 5.74) is -2.15. The first-order chi connectivity index (χ1) is 14.8. The van der Waals surface area contributed by atoms with Crippen LogP contribution in [0.5, 0.6) is 0 Å². The number of ketones is 1. The SMILES string of the molecule is CCCN(c1ccc(NS(C)(=O)=O)cc1S(N)(=O)=O)[C@](CCO)(C(=O)CC)C(=O)OCC. The highest BCUT2D eigenvalue weighted by Crippen LogP contribution is 2.36. The van der Waals surface area contributed by atoms with Gasteiger partial charge in [-0.2, -0.15) is 0 Å². The fourth-order valence-corrected chi connectivity index (χ4v) is 4.75. The van der Waals surface area contributed by atoms with Crippen LogP contribution in [-0.4, -0.2) is 65.2 Å². The van der Waals surface area contributed by atoms with Gasteiger partial charge in [0.15, 0.2) is 11.3 Å². The number of nitrogens with zero attached hydrogens (tertiary/aromatic N) is 1. The van der Waals surface area contributed by atoms with Gasteiger partial charge < -0.3 is 14.7 Å². The molecule has 13 heteroatoms. The summed E-state index contributed by atoms with van der Waals surface area (Å²) < 4.78 is 55.3. The molecule has 11 nitrogen and oxygen atoms in total. The molecule has 0 aliphatic heterocycles. The minimum absolute atomic E-state index is 0.0395. The Balaban J connectivity index is 3.96. The number of hydrogen-bond donors (Lipinski definition) is 3. The molecule has 1 aromatic rings. The van der Waals surface area contributed by atoms with Gasteiger partial charge >= 0.3 is 5.97 Å². The zero-order valence-electron chi connectivity index (χ0n) is 18.6. The average Bonchev–Trinajstić information content (AvgIpc) is 2.68. The molecule has 0 aliphatic carbocycles. The number of carbonyl (C=O) groups is 2. The quantitative estimate of drug-likeness (QED) is 0.262. The summed E-state index contributed by atoms with van der Waals surface area (Å²) in [7, 11) is -8.14. The Hall–Kier alpha value is -2.22. The van der Waals surface area contributed by atoms with Crippen molar-refractivity contribution in [3.05, 3.63) is 18.2 Å². The Morgan fingerprint density at radius 2 is 1.81 bits per heavy atom. The van der Waals surface area contributed by atoms with E-state index >= 15 is 0 Å². The molecule has 1 atom stereocenters. The van der Waals surface area contributed by atoms with Gasteiger partial charge in [0.1, 0.15) is 4.90 Å². The van der Waals surface area contributed by atoms with Gasteiger partial charge in [0, 0.05) is 31.7 Å². The molecule has 0 amide bonds. The second-order valence-corrected chi connectivity index (χ2v) is 10.4. The van der Waals surface area contributed by atoms with Crippen molar-refractivity contribution in [2.24, 2.45) is 5.14 Å². The number of Topliss-reactive ketones (excluding diaryl/α,β-unsaturated/α-hetero) is 1. The molecule has 0 aromatic heterocycles. The van der Waals surface area contributed by atoms with E-state index in [1.54, 1.807) is 13.8 Å². The number of carbonyl (C=O) groups excluding carboxylic acids is 2. The number of esters is 1. The third-order valence-electron chi connectivity index (χ3n) is 4.64. The maximum atomic E-state index is 13.1. The number of aliphatic hydroxyl groups is 1. The number of aliphatic hydroxyl groups excluding tert-OH is 1. The Kier molecular flexibility index (Phi) is 9.63. The molecule has 1 rings (SSSR count). The molecule has 0 aliphatic rings. The Bertz CT molecular complexity index is 1040. The van der Waals surface area contributed by atoms with Crippen LogP contribution in [0.3, 0.4) is 0 Å². The Morgan fingerprint density at radius 3 is 2.25 bits per heavy atom. The summed E-state index contributed by atoms with van der Waals surface area (Å²) in [5.74, 6) is -1.50. The van der Waals surface area contributed by atoms with Crippen LogP contribution in [0, 0.1) is 0 Å². The van der Waals surface area contributed by atoms with Crippen molar-refractivity contribution in [1.29, 1.82) is 0 Å². The predicted molar refractivity (Wildman–Crippen MR) is 120 cm³/mol. The van der Waals surface area contributed by atoms with Crippen molar-refractivity contribution in [2.75, 3.05) is 35.6 Å². The average molecular weight is 494 g/mol. The fraction of sp³-hybridized carbons (Fsp3) is 0.579. The van der Waals surface area contributed by atoms with Gasteiger partial charge in [0.05, 0.1) is 18.6 Å². The van der Waals surface area contributed by atoms with E-state index in [1.807, 2.05) is 0 Å². The van der Waals surface area contributed by atoms with Crippen LogP contribution in [0.1, 0.15) is 40.0 Å². The Morgan fingerprint density at radius 1 is 1.19 bits per heavy atom. The zero-order chi connectivity index (χ0) is 24.7. The molecule has 0 heterocycles. The lowest BCUT2D eigenvalue weighted by Gasteiger charge is -2.42. The second-order valence-electron chi connectivity index (χ2n) is 7.08. The first-order valence-electron chi connectivity index (χ1n) is 10.0. The van der Waals surface area contributed by atoms with Gasteiger partial charge in [-0.3, -0.25) is 9.52 Å². The van der Waals surface area contributed by atoms with Gasteiger partial charge in [-0.05, 0) is 31.5 Å². The van der Waals surface area contributed by atoms with Crippen LogP contribution in [0.2, 0.25) is 0 Å². The summed E-state index contributed by atoms with van der Waals surface area (Å²) in [6, 6.07) is 3.57. The normalized spacial score (nSPS) is 13.8. The molecule has 0 spiro atoms. The number of sulfonamides is 2. The summed E-state index contributed by atoms with van der Waals surface area (Å²) in [5, 5.41) is 15.1. The highest BCUT2D eigenvalue weighted by Gasteiger charge is 2.51. The third kappa shape index (κ3) is 6.40. The molecule has 0 fully saturated rings. The van der Waals surface area contributed by atoms with Crippen LogP contribution in [0.4, 0.5) is 11.4 Å². The first-order valence-corrected chi connectivity index (χ1v) is 13.5. The van der Waals surface area contributed by atoms with Crippen molar-refractivity contribution < 1.29 is 36.3 Å². The van der Waals surface area contributed by atoms with Gasteiger partial charge in [0.2, 0.25) is 20.0 Å². The topological polar surface area (TPSA) is 173 Å². The molecule has 0 radical (unpaired) electrons. The standard InChI is InChI=1S/C19H31N3O8S2/c1-5-11-22(19(10-12-23,17(24)6-2)18(25)30-7-3)15-9-8-14(21-31(4,26)27)13-16(15)32(20,28)29/h8-9,13,21,23H,5-7,10-12H2,1-4H3,(H2,20,28,29)/t19-/m1/s1. The van der Waals surface area contributed by atoms with Crippen LogP contribution < -0.4 is 14.8 Å². The molecule has 4 N–H and O–H groups in total. The number of rotatable bonds is 13. The maximum Gasteiger partial charge on any atom is 0.339 e. The van der Waals surface area contributed by atoms with Crippen molar-refractivity contribution in [3.8, 4) is 0 Å². The van der Waals surface area contributed by atoms with Crippen molar-refractivity contribution in [3.63, 3.8) is 0 Å². The fourth-order valence-electron chi connectivity index (χ4n) is 3.44. The summed E-state index contributed by atoms with van der Waals surface area (Å²) in [6.45, 7) is 4.31. The van der Waals surface area contributed by atoms with E-state index in [-0.39, 0.29) is 37.4 Å². The number of benzene rings is 1. The van der Waals surface area contributed by atoms with Crippen LogP contribution >= 0.6 is 0 Å². The van der Waals surface area contributed by atoms with E-state index < -0.39 is 48.8 Å². The van der Waals surface area contributed by atoms with E-state index in [1.165, 1.54) is 24.0 Å². The van der Waals surface area contributed by atoms with Crippen LogP contribution in [0.15, 0.2) is 23.1 Å². The highest BCUT2D eigenvalue weighted by atomic mass is 32.2. The van der Waals surface area contributed by atoms with Gasteiger partial charge in [-0.15, -0.1) is 0 Å². The van der Waals surface area contributed by atoms with E-state index in [4.69, 9.17) is 9.88 Å². The molecule has 32 heavy (non-hydrogen) atoms. The van der Waals surface area contributed by atoms with Crippen LogP contribution in [-0.2, 0) is 34.4 Å². The lowest BCUT2D eigenvalue weighted by Crippen LogP contribution is -2.62. The molecule has 1 aromatic carbocycles. The van der Waals surface area contributed by atoms with E-state index in [0.29, 0.717) is 6.42 Å². The van der Waals surface area contributed by atoms with E-state index in [9.17, 15) is 31.5 Å². The minimum Gasteiger partial charge on any atom is -0.464 e. The van der Waals surface area contributed by atoms with Crippen molar-refractivity contribution in [1.82, 2.24) is 0 Å². The molecule has 182 valence electrons. The maximum absolute atomic E-state index is 13.1. The second kappa shape index (κ2) is 11.1. The number of hydrogen-bond acceptors (Lipinski definition) is 9.